The first-order valence-electron chi connectivity index (χ1n) is 6.35. The molecule has 0 unspecified atom stereocenters. The Morgan fingerprint density at radius 1 is 1.50 bits per heavy atom. The fourth-order valence-corrected chi connectivity index (χ4v) is 2.51. The molecule has 0 aliphatic heterocycles. The van der Waals surface area contributed by atoms with Gasteiger partial charge in [-0.15, -0.1) is 0 Å². The van der Waals surface area contributed by atoms with Gasteiger partial charge in [-0.3, -0.25) is 9.89 Å². The van der Waals surface area contributed by atoms with Gasteiger partial charge in [0, 0.05) is 26.6 Å². The highest BCUT2D eigenvalue weighted by atomic mass is 32.2. The van der Waals surface area contributed by atoms with Crippen LogP contribution in [0.3, 0.4) is 0 Å². The van der Waals surface area contributed by atoms with E-state index < -0.39 is 15.9 Å². The Morgan fingerprint density at radius 2 is 2.15 bits per heavy atom. The summed E-state index contributed by atoms with van der Waals surface area (Å²) in [4.78, 5) is 11.9. The Bertz CT molecular complexity index is 604. The molecule has 0 bridgehead atoms. The van der Waals surface area contributed by atoms with Crippen molar-refractivity contribution in [2.75, 3.05) is 32.1 Å². The summed E-state index contributed by atoms with van der Waals surface area (Å²) in [6.07, 6.45) is 2.10. The number of nitrogen functional groups attached to an aromatic ring is 1. The number of rotatable bonds is 6. The molecular formula is C11H19N5O3S. The predicted octanol–water partition coefficient (Wildman–Crippen LogP) is -0.509. The van der Waals surface area contributed by atoms with Crippen molar-refractivity contribution >= 4 is 21.6 Å². The standard InChI is InChI=1S/C11H19N5O3S/c1-16(2)20(18,19)6-5-13-11(17)10-8(12)9(14-15-10)7-3-4-7/h7H,3-6,12H2,1-2H3,(H,13,17)(H,14,15). The van der Waals surface area contributed by atoms with Gasteiger partial charge in [-0.2, -0.15) is 5.10 Å². The molecule has 8 nitrogen and oxygen atoms in total. The van der Waals surface area contributed by atoms with Gasteiger partial charge in [-0.25, -0.2) is 12.7 Å². The first-order valence-corrected chi connectivity index (χ1v) is 7.96. The first kappa shape index (κ1) is 14.8. The highest BCUT2D eigenvalue weighted by Gasteiger charge is 2.30. The Morgan fingerprint density at radius 3 is 2.70 bits per heavy atom. The van der Waals surface area contributed by atoms with E-state index in [1.807, 2.05) is 0 Å². The third-order valence-electron chi connectivity index (χ3n) is 3.24. The number of sulfonamides is 1. The monoisotopic (exact) mass is 301 g/mol. The number of nitrogens with zero attached hydrogens (tertiary/aromatic N) is 2. The van der Waals surface area contributed by atoms with Crippen LogP contribution in [0, 0.1) is 0 Å². The van der Waals surface area contributed by atoms with Gasteiger partial charge in [0.1, 0.15) is 0 Å². The summed E-state index contributed by atoms with van der Waals surface area (Å²) in [7, 11) is -0.427. The third kappa shape index (κ3) is 3.10. The maximum absolute atomic E-state index is 11.9. The average Bonchev–Trinajstić information content (AvgIpc) is 3.12. The maximum atomic E-state index is 11.9. The Hall–Kier alpha value is -1.61. The van der Waals surface area contributed by atoms with Gasteiger partial charge in [-0.05, 0) is 12.8 Å². The number of amides is 1. The fraction of sp³-hybridized carbons (Fsp3) is 0.636. The molecule has 0 radical (unpaired) electrons. The van der Waals surface area contributed by atoms with E-state index in [9.17, 15) is 13.2 Å². The highest BCUT2D eigenvalue weighted by molar-refractivity contribution is 7.89. The zero-order valence-corrected chi connectivity index (χ0v) is 12.3. The Kier molecular flexibility index (Phi) is 4.00. The van der Waals surface area contributed by atoms with E-state index >= 15 is 0 Å². The largest absolute Gasteiger partial charge is 0.395 e. The quantitative estimate of drug-likeness (QED) is 0.653. The zero-order valence-electron chi connectivity index (χ0n) is 11.5. The molecule has 1 aliphatic carbocycles. The summed E-state index contributed by atoms with van der Waals surface area (Å²) >= 11 is 0. The molecule has 1 aromatic heterocycles. The number of aromatic amines is 1. The number of carbonyl (C=O) groups excluding carboxylic acids is 1. The molecule has 9 heteroatoms. The molecule has 112 valence electrons. The van der Waals surface area contributed by atoms with Crippen LogP contribution in [-0.2, 0) is 10.0 Å². The molecule has 0 aromatic carbocycles. The summed E-state index contributed by atoms with van der Waals surface area (Å²) < 4.78 is 24.2. The summed E-state index contributed by atoms with van der Waals surface area (Å²) in [6.45, 7) is 0.0183. The van der Waals surface area contributed by atoms with Crippen LogP contribution in [0.25, 0.3) is 0 Å². The molecule has 1 aliphatic rings. The lowest BCUT2D eigenvalue weighted by molar-refractivity contribution is 0.0952. The number of hydrogen-bond acceptors (Lipinski definition) is 5. The first-order chi connectivity index (χ1) is 9.33. The van der Waals surface area contributed by atoms with Gasteiger partial charge in [0.2, 0.25) is 10.0 Å². The third-order valence-corrected chi connectivity index (χ3v) is 5.07. The van der Waals surface area contributed by atoms with Gasteiger partial charge >= 0.3 is 0 Å². The zero-order chi connectivity index (χ0) is 14.9. The molecule has 2 rings (SSSR count). The van der Waals surface area contributed by atoms with Crippen molar-refractivity contribution in [1.82, 2.24) is 19.8 Å². The van der Waals surface area contributed by atoms with Crippen molar-refractivity contribution in [2.45, 2.75) is 18.8 Å². The van der Waals surface area contributed by atoms with Crippen LogP contribution in [0.4, 0.5) is 5.69 Å². The van der Waals surface area contributed by atoms with Crippen LogP contribution in [0.5, 0.6) is 0 Å². The van der Waals surface area contributed by atoms with Crippen LogP contribution >= 0.6 is 0 Å². The average molecular weight is 301 g/mol. The van der Waals surface area contributed by atoms with Crippen molar-refractivity contribution < 1.29 is 13.2 Å². The maximum Gasteiger partial charge on any atom is 0.273 e. The topological polar surface area (TPSA) is 121 Å². The van der Waals surface area contributed by atoms with Gasteiger partial charge in [0.25, 0.3) is 5.91 Å². The minimum Gasteiger partial charge on any atom is -0.395 e. The number of nitrogens with one attached hydrogen (secondary N) is 2. The number of hydrogen-bond donors (Lipinski definition) is 3. The molecule has 4 N–H and O–H groups in total. The van der Waals surface area contributed by atoms with Crippen LogP contribution in [-0.4, -0.2) is 55.2 Å². The summed E-state index contributed by atoms with van der Waals surface area (Å²) in [5.41, 5.74) is 7.17. The minimum atomic E-state index is -3.33. The van der Waals surface area contributed by atoms with E-state index in [-0.39, 0.29) is 18.0 Å². The molecule has 0 spiro atoms. The van der Waals surface area contributed by atoms with E-state index in [1.165, 1.54) is 14.1 Å². The molecule has 20 heavy (non-hydrogen) atoms. The number of H-pyrrole nitrogens is 1. The normalized spacial score (nSPS) is 15.6. The second-order valence-corrected chi connectivity index (χ2v) is 7.33. The van der Waals surface area contributed by atoms with Crippen LogP contribution in [0.1, 0.15) is 34.9 Å². The van der Waals surface area contributed by atoms with Crippen molar-refractivity contribution in [3.8, 4) is 0 Å². The molecular weight excluding hydrogens is 282 g/mol. The second kappa shape index (κ2) is 5.41. The lowest BCUT2D eigenvalue weighted by Crippen LogP contribution is -2.34. The molecule has 0 saturated heterocycles. The SMILES string of the molecule is CN(C)S(=O)(=O)CCNC(=O)c1n[nH]c(C2CC2)c1N. The van der Waals surface area contributed by atoms with Gasteiger partial charge < -0.3 is 11.1 Å². The molecule has 1 fully saturated rings. The van der Waals surface area contributed by atoms with E-state index in [4.69, 9.17) is 5.73 Å². The van der Waals surface area contributed by atoms with Gasteiger partial charge in [-0.1, -0.05) is 0 Å². The number of carbonyl (C=O) groups is 1. The Labute approximate surface area is 117 Å². The smallest absolute Gasteiger partial charge is 0.273 e. The molecule has 1 aromatic rings. The number of aromatic nitrogens is 2. The summed E-state index contributed by atoms with van der Waals surface area (Å²) in [6, 6.07) is 0. The van der Waals surface area contributed by atoms with Crippen molar-refractivity contribution in [3.63, 3.8) is 0 Å². The second-order valence-electron chi connectivity index (χ2n) is 5.03. The van der Waals surface area contributed by atoms with Crippen molar-refractivity contribution in [3.05, 3.63) is 11.4 Å². The molecule has 1 heterocycles. The molecule has 1 amide bonds. The van der Waals surface area contributed by atoms with Crippen LogP contribution in [0.2, 0.25) is 0 Å². The van der Waals surface area contributed by atoms with E-state index in [0.29, 0.717) is 11.6 Å². The van der Waals surface area contributed by atoms with E-state index in [1.54, 1.807) is 0 Å². The highest BCUT2D eigenvalue weighted by Crippen LogP contribution is 2.42. The van der Waals surface area contributed by atoms with E-state index in [2.05, 4.69) is 15.5 Å². The molecule has 1 saturated carbocycles. The predicted molar refractivity (Wildman–Crippen MR) is 74.8 cm³/mol. The number of anilines is 1. The fourth-order valence-electron chi connectivity index (χ4n) is 1.78. The van der Waals surface area contributed by atoms with E-state index in [0.717, 1.165) is 22.8 Å². The summed E-state index contributed by atoms with van der Waals surface area (Å²) in [5.74, 6) is -0.247. The van der Waals surface area contributed by atoms with Crippen LogP contribution in [0.15, 0.2) is 0 Å². The minimum absolute atomic E-state index is 0.0183. The Balaban J connectivity index is 1.92. The number of nitrogens with two attached hydrogens (primary N) is 1. The van der Waals surface area contributed by atoms with Gasteiger partial charge in [0.05, 0.1) is 17.1 Å². The van der Waals surface area contributed by atoms with Crippen LogP contribution < -0.4 is 11.1 Å². The molecule has 0 atom stereocenters. The van der Waals surface area contributed by atoms with Crippen molar-refractivity contribution in [1.29, 1.82) is 0 Å². The lowest BCUT2D eigenvalue weighted by atomic mass is 10.2. The summed E-state index contributed by atoms with van der Waals surface area (Å²) in [5, 5.41) is 9.20. The lowest BCUT2D eigenvalue weighted by Gasteiger charge is -2.11. The van der Waals surface area contributed by atoms with Crippen molar-refractivity contribution in [2.24, 2.45) is 0 Å². The van der Waals surface area contributed by atoms with Gasteiger partial charge in [0.15, 0.2) is 5.69 Å².